The van der Waals surface area contributed by atoms with Crippen LogP contribution in [0.4, 0.5) is 5.82 Å². The lowest BCUT2D eigenvalue weighted by atomic mass is 10.2. The average molecular weight is 356 g/mol. The minimum Gasteiger partial charge on any atom is -0.384 e. The molecule has 1 heterocycles. The van der Waals surface area contributed by atoms with Gasteiger partial charge in [-0.05, 0) is 23.8 Å². The van der Waals surface area contributed by atoms with Crippen molar-refractivity contribution in [3.63, 3.8) is 0 Å². The van der Waals surface area contributed by atoms with Crippen LogP contribution < -0.4 is 5.73 Å². The van der Waals surface area contributed by atoms with Crippen LogP contribution in [-0.2, 0) is 16.6 Å². The molecule has 0 fully saturated rings. The summed E-state index contributed by atoms with van der Waals surface area (Å²) in [4.78, 5) is 3.94. The van der Waals surface area contributed by atoms with E-state index in [1.807, 2.05) is 24.3 Å². The molecule has 20 heavy (non-hydrogen) atoms. The zero-order chi connectivity index (χ0) is 14.8. The van der Waals surface area contributed by atoms with Crippen molar-refractivity contribution in [1.29, 1.82) is 0 Å². The monoisotopic (exact) mass is 355 g/mol. The second-order valence-electron chi connectivity index (χ2n) is 4.27. The van der Waals surface area contributed by atoms with Crippen molar-refractivity contribution in [3.8, 4) is 0 Å². The van der Waals surface area contributed by atoms with Crippen LogP contribution in [0.5, 0.6) is 0 Å². The zero-order valence-electron chi connectivity index (χ0n) is 10.8. The highest BCUT2D eigenvalue weighted by atomic mass is 79.9. The van der Waals surface area contributed by atoms with Crippen LogP contribution in [0, 0.1) is 0 Å². The molecule has 1 aromatic heterocycles. The van der Waals surface area contributed by atoms with Crippen molar-refractivity contribution >= 4 is 31.8 Å². The number of sulfonamides is 1. The van der Waals surface area contributed by atoms with Gasteiger partial charge in [-0.3, -0.25) is 0 Å². The minimum absolute atomic E-state index is 0.126. The molecule has 0 unspecified atom stereocenters. The first-order valence-corrected chi connectivity index (χ1v) is 8.06. The van der Waals surface area contributed by atoms with Gasteiger partial charge in [0.2, 0.25) is 10.0 Å². The lowest BCUT2D eigenvalue weighted by Crippen LogP contribution is -2.26. The van der Waals surface area contributed by atoms with Crippen molar-refractivity contribution < 1.29 is 8.42 Å². The van der Waals surface area contributed by atoms with E-state index in [2.05, 4.69) is 20.9 Å². The number of aromatic nitrogens is 1. The highest BCUT2D eigenvalue weighted by Gasteiger charge is 2.21. The number of benzene rings is 1. The van der Waals surface area contributed by atoms with Gasteiger partial charge in [-0.2, -0.15) is 4.31 Å². The Bertz CT molecular complexity index is 702. The second-order valence-corrected chi connectivity index (χ2v) is 7.17. The first-order valence-electron chi connectivity index (χ1n) is 5.82. The highest BCUT2D eigenvalue weighted by molar-refractivity contribution is 9.10. The molecule has 0 amide bonds. The molecule has 0 aliphatic rings. The van der Waals surface area contributed by atoms with E-state index in [-0.39, 0.29) is 17.3 Å². The molecule has 1 aromatic carbocycles. The molecule has 106 valence electrons. The Labute approximate surface area is 126 Å². The number of nitrogen functional groups attached to an aromatic ring is 1. The topological polar surface area (TPSA) is 76.3 Å². The normalized spacial score (nSPS) is 11.8. The Hall–Kier alpha value is -1.44. The Kier molecular flexibility index (Phi) is 4.42. The molecule has 2 aromatic rings. The van der Waals surface area contributed by atoms with Crippen molar-refractivity contribution in [2.45, 2.75) is 11.4 Å². The molecule has 0 spiro atoms. The van der Waals surface area contributed by atoms with Crippen molar-refractivity contribution in [3.05, 3.63) is 52.6 Å². The number of hydrogen-bond acceptors (Lipinski definition) is 4. The van der Waals surface area contributed by atoms with Gasteiger partial charge in [-0.1, -0.05) is 34.1 Å². The molecule has 0 aliphatic carbocycles. The predicted octanol–water partition coefficient (Wildman–Crippen LogP) is 2.25. The third kappa shape index (κ3) is 3.17. The number of nitrogens with two attached hydrogens (primary N) is 1. The fourth-order valence-corrected chi connectivity index (χ4v) is 3.18. The van der Waals surface area contributed by atoms with Gasteiger partial charge in [-0.25, -0.2) is 13.4 Å². The lowest BCUT2D eigenvalue weighted by molar-refractivity contribution is 0.466. The summed E-state index contributed by atoms with van der Waals surface area (Å²) in [6.45, 7) is 0.272. The second kappa shape index (κ2) is 5.90. The average Bonchev–Trinajstić information content (AvgIpc) is 2.41. The molecule has 5 nitrogen and oxygen atoms in total. The molecular formula is C13H14BrN3O2S. The van der Waals surface area contributed by atoms with Gasteiger partial charge in [-0.15, -0.1) is 0 Å². The Morgan fingerprint density at radius 3 is 2.55 bits per heavy atom. The first kappa shape index (κ1) is 15.0. The molecule has 0 bridgehead atoms. The van der Waals surface area contributed by atoms with E-state index in [9.17, 15) is 8.42 Å². The molecule has 0 saturated heterocycles. The van der Waals surface area contributed by atoms with Crippen molar-refractivity contribution in [1.82, 2.24) is 9.29 Å². The third-order valence-corrected chi connectivity index (χ3v) is 5.38. The van der Waals surface area contributed by atoms with Gasteiger partial charge < -0.3 is 5.73 Å². The summed E-state index contributed by atoms with van der Waals surface area (Å²) in [7, 11) is -2.04. The Morgan fingerprint density at radius 2 is 1.95 bits per heavy atom. The fourth-order valence-electron chi connectivity index (χ4n) is 1.68. The summed E-state index contributed by atoms with van der Waals surface area (Å²) < 4.78 is 26.9. The van der Waals surface area contributed by atoms with Crippen LogP contribution in [0.15, 0.2) is 52.0 Å². The molecule has 0 radical (unpaired) electrons. The molecule has 0 atom stereocenters. The van der Waals surface area contributed by atoms with Gasteiger partial charge in [0.15, 0.2) is 0 Å². The number of rotatable bonds is 4. The van der Waals surface area contributed by atoms with Crippen molar-refractivity contribution in [2.24, 2.45) is 0 Å². The summed E-state index contributed by atoms with van der Waals surface area (Å²) in [5, 5.41) is 0. The summed E-state index contributed by atoms with van der Waals surface area (Å²) in [6, 6.07) is 10.4. The van der Waals surface area contributed by atoms with E-state index < -0.39 is 10.0 Å². The Morgan fingerprint density at radius 1 is 1.25 bits per heavy atom. The van der Waals surface area contributed by atoms with Crippen LogP contribution in [0.2, 0.25) is 0 Å². The number of pyridine rings is 1. The summed E-state index contributed by atoms with van der Waals surface area (Å²) in [5.74, 6) is 0.289. The van der Waals surface area contributed by atoms with Gasteiger partial charge in [0.1, 0.15) is 10.7 Å². The van der Waals surface area contributed by atoms with Gasteiger partial charge >= 0.3 is 0 Å². The third-order valence-electron chi connectivity index (χ3n) is 2.82. The standard InChI is InChI=1S/C13H14BrN3O2S/c1-17(9-10-4-2-3-5-12(10)14)20(18,19)11-6-7-13(15)16-8-11/h2-8H,9H2,1H3,(H2,15,16). The molecule has 0 aliphatic heterocycles. The maximum absolute atomic E-state index is 12.4. The van der Waals surface area contributed by atoms with Crippen LogP contribution in [0.25, 0.3) is 0 Å². The predicted molar refractivity (Wildman–Crippen MR) is 81.4 cm³/mol. The van der Waals surface area contributed by atoms with Crippen LogP contribution >= 0.6 is 15.9 Å². The lowest BCUT2D eigenvalue weighted by Gasteiger charge is -2.17. The number of hydrogen-bond donors (Lipinski definition) is 1. The largest absolute Gasteiger partial charge is 0.384 e. The van der Waals surface area contributed by atoms with Gasteiger partial charge in [0, 0.05) is 24.3 Å². The van der Waals surface area contributed by atoms with Crippen molar-refractivity contribution in [2.75, 3.05) is 12.8 Å². The highest BCUT2D eigenvalue weighted by Crippen LogP contribution is 2.21. The summed E-state index contributed by atoms with van der Waals surface area (Å²) in [5.41, 5.74) is 6.35. The number of anilines is 1. The smallest absolute Gasteiger partial charge is 0.244 e. The van der Waals surface area contributed by atoms with Gasteiger partial charge in [0.05, 0.1) is 0 Å². The van der Waals surface area contributed by atoms with Gasteiger partial charge in [0.25, 0.3) is 0 Å². The van der Waals surface area contributed by atoms with E-state index in [1.54, 1.807) is 0 Å². The summed E-state index contributed by atoms with van der Waals surface area (Å²) in [6.07, 6.45) is 1.27. The first-order chi connectivity index (χ1) is 9.41. The molecule has 2 rings (SSSR count). The maximum atomic E-state index is 12.4. The zero-order valence-corrected chi connectivity index (χ0v) is 13.2. The molecular weight excluding hydrogens is 342 g/mol. The van der Waals surface area contributed by atoms with E-state index in [1.165, 1.54) is 29.7 Å². The number of halogens is 1. The van der Waals surface area contributed by atoms with E-state index in [0.29, 0.717) is 0 Å². The maximum Gasteiger partial charge on any atom is 0.244 e. The van der Waals surface area contributed by atoms with Crippen LogP contribution in [0.1, 0.15) is 5.56 Å². The quantitative estimate of drug-likeness (QED) is 0.912. The number of nitrogens with zero attached hydrogens (tertiary/aromatic N) is 2. The van der Waals surface area contributed by atoms with E-state index in [0.717, 1.165) is 10.0 Å². The van der Waals surface area contributed by atoms with Crippen LogP contribution in [0.3, 0.4) is 0 Å². The van der Waals surface area contributed by atoms with Crippen LogP contribution in [-0.4, -0.2) is 24.8 Å². The van der Waals surface area contributed by atoms with E-state index >= 15 is 0 Å². The fraction of sp³-hybridized carbons (Fsp3) is 0.154. The molecule has 2 N–H and O–H groups in total. The molecule has 0 saturated carbocycles. The Balaban J connectivity index is 2.26. The van der Waals surface area contributed by atoms with E-state index in [4.69, 9.17) is 5.73 Å². The minimum atomic E-state index is -3.58. The SMILES string of the molecule is CN(Cc1ccccc1Br)S(=O)(=O)c1ccc(N)nc1. The molecule has 7 heteroatoms. The summed E-state index contributed by atoms with van der Waals surface area (Å²) >= 11 is 3.41.